The maximum absolute atomic E-state index is 12.5. The topological polar surface area (TPSA) is 64.7 Å². The van der Waals surface area contributed by atoms with Gasteiger partial charge in [0.15, 0.2) is 0 Å². The van der Waals surface area contributed by atoms with Crippen molar-refractivity contribution < 1.29 is 4.79 Å². The normalized spacial score (nSPS) is 11.1. The van der Waals surface area contributed by atoms with Crippen LogP contribution in [0.1, 0.15) is 34.8 Å². The molecule has 1 amide bonds. The first kappa shape index (κ1) is 21.7. The monoisotopic (exact) mass is 453 g/mol. The number of nitrogens with one attached hydrogen (secondary N) is 1. The summed E-state index contributed by atoms with van der Waals surface area (Å²) in [7, 11) is 0. The molecule has 0 radical (unpaired) electrons. The Bertz CT molecular complexity index is 1070. The lowest BCUT2D eigenvalue weighted by Gasteiger charge is -2.09. The summed E-state index contributed by atoms with van der Waals surface area (Å²) < 4.78 is 3.59. The number of rotatable bonds is 6. The van der Waals surface area contributed by atoms with E-state index in [-0.39, 0.29) is 12.3 Å². The molecule has 0 aliphatic rings. The van der Waals surface area contributed by atoms with Crippen molar-refractivity contribution in [2.45, 2.75) is 47.2 Å². The smallest absolute Gasteiger partial charge is 0.226 e. The summed E-state index contributed by atoms with van der Waals surface area (Å²) >= 11 is 18.2. The van der Waals surface area contributed by atoms with Crippen molar-refractivity contribution in [3.8, 4) is 0 Å². The molecule has 2 aromatic heterocycles. The molecule has 2 heterocycles. The van der Waals surface area contributed by atoms with E-state index in [9.17, 15) is 4.79 Å². The molecule has 0 bridgehead atoms. The van der Waals surface area contributed by atoms with Crippen molar-refractivity contribution in [3.05, 3.63) is 61.6 Å². The van der Waals surface area contributed by atoms with Gasteiger partial charge in [0, 0.05) is 6.42 Å². The van der Waals surface area contributed by atoms with Crippen molar-refractivity contribution >= 4 is 46.4 Å². The highest BCUT2D eigenvalue weighted by atomic mass is 35.5. The van der Waals surface area contributed by atoms with E-state index in [0.717, 1.165) is 34.0 Å². The number of carbonyl (C=O) groups is 1. The van der Waals surface area contributed by atoms with Crippen LogP contribution in [0, 0.1) is 27.7 Å². The van der Waals surface area contributed by atoms with E-state index < -0.39 is 0 Å². The van der Waals surface area contributed by atoms with Crippen LogP contribution < -0.4 is 5.32 Å². The van der Waals surface area contributed by atoms with Gasteiger partial charge >= 0.3 is 0 Å². The van der Waals surface area contributed by atoms with Crippen LogP contribution >= 0.6 is 34.8 Å². The highest BCUT2D eigenvalue weighted by Crippen LogP contribution is 2.25. The van der Waals surface area contributed by atoms with E-state index in [1.54, 1.807) is 10.7 Å². The molecule has 0 atom stereocenters. The first-order valence-corrected chi connectivity index (χ1v) is 10.3. The number of amides is 1. The Hall–Kier alpha value is -2.02. The van der Waals surface area contributed by atoms with Gasteiger partial charge in [-0.25, -0.2) is 0 Å². The SMILES string of the molecule is Cc1nn(CCC(=O)Nc2c(C)nn(Cc3ccc(Cl)c(Cl)c3)c2C)c(C)c1Cl. The second kappa shape index (κ2) is 8.78. The average molecular weight is 455 g/mol. The van der Waals surface area contributed by atoms with Crippen molar-refractivity contribution in [1.82, 2.24) is 19.6 Å². The minimum absolute atomic E-state index is 0.103. The molecule has 0 spiro atoms. The standard InChI is InChI=1S/C20H22Cl3N5O/c1-11-19(23)13(3)27(25-11)8-7-18(29)24-20-12(2)26-28(14(20)4)10-15-5-6-16(21)17(22)9-15/h5-6,9H,7-8,10H2,1-4H3,(H,24,29). The number of aromatic nitrogens is 4. The second-order valence-electron chi connectivity index (χ2n) is 6.96. The number of hydrogen-bond donors (Lipinski definition) is 1. The van der Waals surface area contributed by atoms with E-state index in [2.05, 4.69) is 15.5 Å². The van der Waals surface area contributed by atoms with Crippen LogP contribution in [-0.2, 0) is 17.9 Å². The Morgan fingerprint density at radius 1 is 0.966 bits per heavy atom. The first-order valence-electron chi connectivity index (χ1n) is 9.14. The summed E-state index contributed by atoms with van der Waals surface area (Å²) in [5, 5.41) is 13.5. The third kappa shape index (κ3) is 4.77. The number of benzene rings is 1. The third-order valence-corrected chi connectivity index (χ3v) is 6.09. The number of halogens is 3. The van der Waals surface area contributed by atoms with Gasteiger partial charge in [0.2, 0.25) is 5.91 Å². The third-order valence-electron chi connectivity index (χ3n) is 4.81. The van der Waals surface area contributed by atoms with Crippen LogP contribution in [0.5, 0.6) is 0 Å². The maximum atomic E-state index is 12.5. The lowest BCUT2D eigenvalue weighted by molar-refractivity contribution is -0.116. The lowest BCUT2D eigenvalue weighted by Crippen LogP contribution is -2.16. The van der Waals surface area contributed by atoms with Crippen LogP contribution in [0.15, 0.2) is 18.2 Å². The Morgan fingerprint density at radius 3 is 2.28 bits per heavy atom. The molecular weight excluding hydrogens is 433 g/mol. The summed E-state index contributed by atoms with van der Waals surface area (Å²) in [5.74, 6) is -0.103. The van der Waals surface area contributed by atoms with Crippen LogP contribution in [0.2, 0.25) is 15.1 Å². The predicted octanol–water partition coefficient (Wildman–Crippen LogP) is 5.35. The van der Waals surface area contributed by atoms with Gasteiger partial charge in [0.1, 0.15) is 0 Å². The highest BCUT2D eigenvalue weighted by molar-refractivity contribution is 6.42. The summed E-state index contributed by atoms with van der Waals surface area (Å²) in [6.07, 6.45) is 0.287. The molecule has 0 saturated carbocycles. The van der Waals surface area contributed by atoms with E-state index >= 15 is 0 Å². The van der Waals surface area contributed by atoms with Crippen molar-refractivity contribution in [1.29, 1.82) is 0 Å². The molecule has 0 aliphatic carbocycles. The van der Waals surface area contributed by atoms with Gasteiger partial charge in [-0.1, -0.05) is 40.9 Å². The summed E-state index contributed by atoms with van der Waals surface area (Å²) in [4.78, 5) is 12.5. The van der Waals surface area contributed by atoms with Gasteiger partial charge in [-0.3, -0.25) is 14.2 Å². The minimum Gasteiger partial charge on any atom is -0.323 e. The van der Waals surface area contributed by atoms with Crippen molar-refractivity contribution in [2.75, 3.05) is 5.32 Å². The fourth-order valence-electron chi connectivity index (χ4n) is 3.14. The molecule has 3 rings (SSSR count). The first-order chi connectivity index (χ1) is 13.7. The molecule has 154 valence electrons. The molecule has 0 aliphatic heterocycles. The van der Waals surface area contributed by atoms with Crippen LogP contribution in [0.4, 0.5) is 5.69 Å². The molecule has 6 nitrogen and oxygen atoms in total. The molecule has 0 unspecified atom stereocenters. The Kier molecular flexibility index (Phi) is 6.56. The number of nitrogens with zero attached hydrogens (tertiary/aromatic N) is 4. The number of anilines is 1. The second-order valence-corrected chi connectivity index (χ2v) is 8.15. The fraction of sp³-hybridized carbons (Fsp3) is 0.350. The van der Waals surface area contributed by atoms with E-state index in [0.29, 0.717) is 28.2 Å². The van der Waals surface area contributed by atoms with E-state index in [1.165, 1.54) is 0 Å². The van der Waals surface area contributed by atoms with Crippen molar-refractivity contribution in [3.63, 3.8) is 0 Å². The van der Waals surface area contributed by atoms with Crippen molar-refractivity contribution in [2.24, 2.45) is 0 Å². The largest absolute Gasteiger partial charge is 0.323 e. The van der Waals surface area contributed by atoms with Gasteiger partial charge in [-0.15, -0.1) is 0 Å². The van der Waals surface area contributed by atoms with E-state index in [1.807, 2.05) is 44.5 Å². The Labute approximate surface area is 184 Å². The lowest BCUT2D eigenvalue weighted by atomic mass is 10.2. The zero-order valence-corrected chi connectivity index (χ0v) is 19.0. The van der Waals surface area contributed by atoms with Crippen LogP contribution in [0.3, 0.4) is 0 Å². The molecular formula is C20H22Cl3N5O. The van der Waals surface area contributed by atoms with Gasteiger partial charge in [-0.2, -0.15) is 10.2 Å². The zero-order chi connectivity index (χ0) is 21.3. The number of carbonyl (C=O) groups excluding carboxylic acids is 1. The molecule has 3 aromatic rings. The number of hydrogen-bond acceptors (Lipinski definition) is 3. The predicted molar refractivity (Wildman–Crippen MR) is 117 cm³/mol. The summed E-state index contributed by atoms with van der Waals surface area (Å²) in [6.45, 7) is 8.52. The molecule has 29 heavy (non-hydrogen) atoms. The van der Waals surface area contributed by atoms with Gasteiger partial charge in [0.25, 0.3) is 0 Å². The Morgan fingerprint density at radius 2 is 1.66 bits per heavy atom. The highest BCUT2D eigenvalue weighted by Gasteiger charge is 2.16. The minimum atomic E-state index is -0.103. The number of aryl methyl sites for hydroxylation is 3. The van der Waals surface area contributed by atoms with Gasteiger partial charge in [-0.05, 0) is 45.4 Å². The molecule has 0 fully saturated rings. The van der Waals surface area contributed by atoms with Crippen LogP contribution in [-0.4, -0.2) is 25.5 Å². The Balaban J connectivity index is 1.68. The molecule has 1 aromatic carbocycles. The quantitative estimate of drug-likeness (QED) is 0.546. The summed E-state index contributed by atoms with van der Waals surface area (Å²) in [6, 6.07) is 5.49. The van der Waals surface area contributed by atoms with Gasteiger partial charge < -0.3 is 5.32 Å². The summed E-state index contributed by atoms with van der Waals surface area (Å²) in [5.41, 5.74) is 4.95. The fourth-order valence-corrected chi connectivity index (χ4v) is 3.60. The van der Waals surface area contributed by atoms with E-state index in [4.69, 9.17) is 34.8 Å². The van der Waals surface area contributed by atoms with Gasteiger partial charge in [0.05, 0.1) is 56.6 Å². The maximum Gasteiger partial charge on any atom is 0.226 e. The molecule has 9 heteroatoms. The van der Waals surface area contributed by atoms with Crippen LogP contribution in [0.25, 0.3) is 0 Å². The molecule has 1 N–H and O–H groups in total. The molecule has 0 saturated heterocycles. The zero-order valence-electron chi connectivity index (χ0n) is 16.7. The average Bonchev–Trinajstić information content (AvgIpc) is 3.07.